The van der Waals surface area contributed by atoms with E-state index in [1.165, 1.54) is 10.8 Å². The third-order valence-electron chi connectivity index (χ3n) is 1.99. The summed E-state index contributed by atoms with van der Waals surface area (Å²) in [5.41, 5.74) is 1.02. The van der Waals surface area contributed by atoms with Crippen molar-refractivity contribution in [3.8, 4) is 0 Å². The molecule has 0 aliphatic heterocycles. The molecule has 2 aromatic rings. The van der Waals surface area contributed by atoms with Crippen molar-refractivity contribution in [1.82, 2.24) is 10.3 Å². The quantitative estimate of drug-likeness (QED) is 0.748. The fourth-order valence-electron chi connectivity index (χ4n) is 1.35. The van der Waals surface area contributed by atoms with Crippen molar-refractivity contribution in [1.29, 1.82) is 0 Å². The van der Waals surface area contributed by atoms with Crippen LogP contribution in [0.25, 0.3) is 10.8 Å². The Morgan fingerprint density at radius 3 is 2.77 bits per heavy atom. The first-order chi connectivity index (χ1) is 6.40. The van der Waals surface area contributed by atoms with E-state index >= 15 is 0 Å². The van der Waals surface area contributed by atoms with Crippen molar-refractivity contribution >= 4 is 10.8 Å². The second-order valence-electron chi connectivity index (χ2n) is 2.95. The SMILES string of the molecule is [CH2]NCc1cc2ccccc2cn1. The zero-order valence-corrected chi connectivity index (χ0v) is 7.33. The number of aromatic nitrogens is 1. The minimum absolute atomic E-state index is 0.713. The molecule has 2 nitrogen and oxygen atoms in total. The molecule has 0 aliphatic carbocycles. The van der Waals surface area contributed by atoms with E-state index in [4.69, 9.17) is 0 Å². The molecule has 2 rings (SSSR count). The highest BCUT2D eigenvalue weighted by Gasteiger charge is 1.95. The van der Waals surface area contributed by atoms with Gasteiger partial charge in [-0.05, 0) is 11.5 Å². The van der Waals surface area contributed by atoms with E-state index in [2.05, 4.69) is 35.5 Å². The highest BCUT2D eigenvalue weighted by atomic mass is 14.8. The van der Waals surface area contributed by atoms with Gasteiger partial charge in [0.2, 0.25) is 0 Å². The van der Waals surface area contributed by atoms with Gasteiger partial charge < -0.3 is 5.32 Å². The van der Waals surface area contributed by atoms with Crippen molar-refractivity contribution < 1.29 is 0 Å². The van der Waals surface area contributed by atoms with E-state index in [1.807, 2.05) is 18.3 Å². The average molecular weight is 171 g/mol. The van der Waals surface area contributed by atoms with E-state index in [0.29, 0.717) is 6.54 Å². The van der Waals surface area contributed by atoms with E-state index in [9.17, 15) is 0 Å². The fourth-order valence-corrected chi connectivity index (χ4v) is 1.35. The van der Waals surface area contributed by atoms with Gasteiger partial charge in [-0.3, -0.25) is 4.98 Å². The van der Waals surface area contributed by atoms with E-state index < -0.39 is 0 Å². The average Bonchev–Trinajstić information content (AvgIpc) is 2.18. The molecule has 2 heteroatoms. The van der Waals surface area contributed by atoms with E-state index in [0.717, 1.165) is 5.69 Å². The Morgan fingerprint density at radius 2 is 2.00 bits per heavy atom. The molecule has 0 saturated carbocycles. The Balaban J connectivity index is 2.49. The third-order valence-corrected chi connectivity index (χ3v) is 1.99. The summed E-state index contributed by atoms with van der Waals surface area (Å²) in [5, 5.41) is 5.24. The fraction of sp³-hybridized carbons (Fsp3) is 0.0909. The van der Waals surface area contributed by atoms with Gasteiger partial charge in [0.1, 0.15) is 0 Å². The number of nitrogens with one attached hydrogen (secondary N) is 1. The van der Waals surface area contributed by atoms with Crippen LogP contribution in [0.4, 0.5) is 0 Å². The molecule has 1 N–H and O–H groups in total. The van der Waals surface area contributed by atoms with Gasteiger partial charge in [0, 0.05) is 25.2 Å². The lowest BCUT2D eigenvalue weighted by Crippen LogP contribution is -2.03. The van der Waals surface area contributed by atoms with Crippen molar-refractivity contribution in [3.63, 3.8) is 0 Å². The molecule has 0 fully saturated rings. The number of hydrogen-bond donors (Lipinski definition) is 1. The Labute approximate surface area is 77.6 Å². The largest absolute Gasteiger partial charge is 0.310 e. The standard InChI is InChI=1S/C11H11N2/c1-12-8-11-6-9-4-2-3-5-10(9)7-13-11/h2-7,12H,1,8H2. The third kappa shape index (κ3) is 1.68. The molecular formula is C11H11N2. The molecule has 0 saturated heterocycles. The van der Waals surface area contributed by atoms with Gasteiger partial charge in [0.25, 0.3) is 0 Å². The Bertz CT molecular complexity index is 410. The van der Waals surface area contributed by atoms with Crippen molar-refractivity contribution in [2.24, 2.45) is 0 Å². The number of nitrogens with zero attached hydrogens (tertiary/aromatic N) is 1. The number of hydrogen-bond acceptors (Lipinski definition) is 2. The van der Waals surface area contributed by atoms with Gasteiger partial charge in [-0.1, -0.05) is 24.3 Å². The van der Waals surface area contributed by atoms with Crippen LogP contribution in [-0.2, 0) is 6.54 Å². The number of benzene rings is 1. The second kappa shape index (κ2) is 3.54. The summed E-state index contributed by atoms with van der Waals surface area (Å²) in [5.74, 6) is 0. The molecule has 1 aromatic carbocycles. The first-order valence-electron chi connectivity index (χ1n) is 4.24. The Morgan fingerprint density at radius 1 is 1.23 bits per heavy atom. The second-order valence-corrected chi connectivity index (χ2v) is 2.95. The molecule has 0 amide bonds. The summed E-state index contributed by atoms with van der Waals surface area (Å²) in [4.78, 5) is 4.29. The molecule has 1 radical (unpaired) electrons. The summed E-state index contributed by atoms with van der Waals surface area (Å²) >= 11 is 0. The predicted octanol–water partition coefficient (Wildman–Crippen LogP) is 2.12. The first kappa shape index (κ1) is 8.20. The van der Waals surface area contributed by atoms with Gasteiger partial charge in [0.15, 0.2) is 0 Å². The minimum atomic E-state index is 0.713. The highest BCUT2D eigenvalue weighted by molar-refractivity contribution is 5.81. The highest BCUT2D eigenvalue weighted by Crippen LogP contribution is 2.12. The summed E-state index contributed by atoms with van der Waals surface area (Å²) < 4.78 is 0. The van der Waals surface area contributed by atoms with E-state index in [-0.39, 0.29) is 0 Å². The maximum atomic E-state index is 4.29. The molecule has 13 heavy (non-hydrogen) atoms. The lowest BCUT2D eigenvalue weighted by Gasteiger charge is -2.01. The van der Waals surface area contributed by atoms with Gasteiger partial charge in [0.05, 0.1) is 5.69 Å². The first-order valence-corrected chi connectivity index (χ1v) is 4.24. The normalized spacial score (nSPS) is 10.5. The van der Waals surface area contributed by atoms with Gasteiger partial charge >= 0.3 is 0 Å². The molecule has 0 bridgehead atoms. The lowest BCUT2D eigenvalue weighted by atomic mass is 10.1. The summed E-state index contributed by atoms with van der Waals surface area (Å²) in [7, 11) is 3.57. The zero-order chi connectivity index (χ0) is 9.10. The number of pyridine rings is 1. The molecular weight excluding hydrogens is 160 g/mol. The van der Waals surface area contributed by atoms with Crippen molar-refractivity contribution in [3.05, 3.63) is 49.3 Å². The van der Waals surface area contributed by atoms with Crippen LogP contribution in [0.2, 0.25) is 0 Å². The van der Waals surface area contributed by atoms with Crippen LogP contribution in [0.15, 0.2) is 36.5 Å². The maximum Gasteiger partial charge on any atom is 0.0548 e. The van der Waals surface area contributed by atoms with Crippen LogP contribution in [0.3, 0.4) is 0 Å². The van der Waals surface area contributed by atoms with Crippen molar-refractivity contribution in [2.45, 2.75) is 6.54 Å². The summed E-state index contributed by atoms with van der Waals surface area (Å²) in [6.45, 7) is 0.713. The summed E-state index contributed by atoms with van der Waals surface area (Å²) in [6.07, 6.45) is 1.89. The van der Waals surface area contributed by atoms with Gasteiger partial charge in [-0.2, -0.15) is 0 Å². The van der Waals surface area contributed by atoms with Crippen LogP contribution in [-0.4, -0.2) is 4.98 Å². The topological polar surface area (TPSA) is 24.9 Å². The molecule has 1 aromatic heterocycles. The lowest BCUT2D eigenvalue weighted by molar-refractivity contribution is 0.835. The van der Waals surface area contributed by atoms with E-state index in [1.54, 1.807) is 0 Å². The Kier molecular flexibility index (Phi) is 2.23. The molecule has 0 atom stereocenters. The van der Waals surface area contributed by atoms with Gasteiger partial charge in [-0.25, -0.2) is 0 Å². The number of rotatable bonds is 2. The minimum Gasteiger partial charge on any atom is -0.310 e. The van der Waals surface area contributed by atoms with Crippen LogP contribution in [0, 0.1) is 7.05 Å². The van der Waals surface area contributed by atoms with Crippen molar-refractivity contribution in [2.75, 3.05) is 0 Å². The van der Waals surface area contributed by atoms with Crippen LogP contribution in [0.1, 0.15) is 5.69 Å². The number of fused-ring (bicyclic) bond motifs is 1. The molecule has 0 unspecified atom stereocenters. The predicted molar refractivity (Wildman–Crippen MR) is 53.9 cm³/mol. The monoisotopic (exact) mass is 171 g/mol. The maximum absolute atomic E-state index is 4.29. The van der Waals surface area contributed by atoms with Gasteiger partial charge in [-0.15, -0.1) is 0 Å². The van der Waals surface area contributed by atoms with Crippen LogP contribution < -0.4 is 5.32 Å². The zero-order valence-electron chi connectivity index (χ0n) is 7.33. The smallest absolute Gasteiger partial charge is 0.0548 e. The Hall–Kier alpha value is -1.41. The molecule has 0 spiro atoms. The van der Waals surface area contributed by atoms with Crippen LogP contribution in [0.5, 0.6) is 0 Å². The molecule has 1 heterocycles. The summed E-state index contributed by atoms with van der Waals surface area (Å²) in [6, 6.07) is 10.3. The van der Waals surface area contributed by atoms with Crippen LogP contribution >= 0.6 is 0 Å². The molecule has 0 aliphatic rings. The molecule has 65 valence electrons.